The van der Waals surface area contributed by atoms with E-state index in [0.29, 0.717) is 42.5 Å². The van der Waals surface area contributed by atoms with E-state index < -0.39 is 17.7 Å². The van der Waals surface area contributed by atoms with Crippen molar-refractivity contribution in [2.24, 2.45) is 0 Å². The molecule has 2 aromatic rings. The fourth-order valence-corrected chi connectivity index (χ4v) is 4.72. The predicted octanol–water partition coefficient (Wildman–Crippen LogP) is 4.57. The number of aliphatic hydroxyl groups excluding tert-OH is 1. The summed E-state index contributed by atoms with van der Waals surface area (Å²) < 4.78 is 10.6. The third-order valence-corrected chi connectivity index (χ3v) is 6.33. The summed E-state index contributed by atoms with van der Waals surface area (Å²) in [7, 11) is 1.59. The summed E-state index contributed by atoms with van der Waals surface area (Å²) in [6, 6.07) is 6.08. The average molecular weight is 450 g/mol. The van der Waals surface area contributed by atoms with Gasteiger partial charge in [0.1, 0.15) is 11.5 Å². The first kappa shape index (κ1) is 22.3. The van der Waals surface area contributed by atoms with E-state index in [1.165, 1.54) is 16.2 Å². The maximum atomic E-state index is 13.0. The van der Waals surface area contributed by atoms with Crippen molar-refractivity contribution in [3.63, 3.8) is 0 Å². The maximum Gasteiger partial charge on any atom is 0.295 e. The fourth-order valence-electron chi connectivity index (χ4n) is 3.50. The lowest BCUT2D eigenvalue weighted by Gasteiger charge is -2.24. The molecule has 1 aliphatic rings. The molecule has 0 radical (unpaired) electrons. The maximum absolute atomic E-state index is 13.0. The van der Waals surface area contributed by atoms with Crippen LogP contribution in [0.2, 0.25) is 5.02 Å². The minimum absolute atomic E-state index is 0.0766. The molecule has 1 aliphatic heterocycles. The van der Waals surface area contributed by atoms with Gasteiger partial charge in [0.2, 0.25) is 0 Å². The molecule has 1 amide bonds. The minimum atomic E-state index is -0.698. The molecule has 2 heterocycles. The zero-order chi connectivity index (χ0) is 21.8. The molecule has 160 valence electrons. The van der Waals surface area contributed by atoms with Crippen molar-refractivity contribution < 1.29 is 24.2 Å². The van der Waals surface area contributed by atoms with Gasteiger partial charge in [-0.15, -0.1) is 11.3 Å². The zero-order valence-electron chi connectivity index (χ0n) is 17.1. The van der Waals surface area contributed by atoms with Gasteiger partial charge in [-0.05, 0) is 55.5 Å². The second-order valence-electron chi connectivity index (χ2n) is 6.88. The van der Waals surface area contributed by atoms with Crippen LogP contribution in [0.25, 0.3) is 5.76 Å². The van der Waals surface area contributed by atoms with Gasteiger partial charge in [0.15, 0.2) is 0 Å². The lowest BCUT2D eigenvalue weighted by Crippen LogP contribution is -2.31. The van der Waals surface area contributed by atoms with Gasteiger partial charge < -0.3 is 19.5 Å². The predicted molar refractivity (Wildman–Crippen MR) is 117 cm³/mol. The molecule has 8 heteroatoms. The molecule has 1 saturated heterocycles. The number of hydrogen-bond acceptors (Lipinski definition) is 6. The molecule has 6 nitrogen and oxygen atoms in total. The van der Waals surface area contributed by atoms with E-state index in [1.807, 2.05) is 25.3 Å². The number of aliphatic hydroxyl groups is 1. The van der Waals surface area contributed by atoms with Gasteiger partial charge in [-0.2, -0.15) is 0 Å². The highest BCUT2D eigenvalue weighted by atomic mass is 35.5. The Morgan fingerprint density at radius 3 is 2.70 bits per heavy atom. The molecule has 1 atom stereocenters. The fraction of sp³-hybridized carbons (Fsp3) is 0.364. The smallest absolute Gasteiger partial charge is 0.295 e. The molecule has 0 aliphatic carbocycles. The molecule has 1 aromatic carbocycles. The molecule has 1 aromatic heterocycles. The first-order chi connectivity index (χ1) is 14.4. The Labute approximate surface area is 184 Å². The zero-order valence-corrected chi connectivity index (χ0v) is 18.7. The molecule has 0 saturated carbocycles. The number of hydrogen-bond donors (Lipinski definition) is 1. The van der Waals surface area contributed by atoms with Gasteiger partial charge >= 0.3 is 0 Å². The molecule has 1 fully saturated rings. The first-order valence-corrected chi connectivity index (χ1v) is 10.9. The van der Waals surface area contributed by atoms with Gasteiger partial charge in [-0.25, -0.2) is 0 Å². The average Bonchev–Trinajstić information content (AvgIpc) is 3.25. The molecule has 3 rings (SSSR count). The van der Waals surface area contributed by atoms with Crippen molar-refractivity contribution in [3.05, 3.63) is 56.2 Å². The molecule has 1 N–H and O–H groups in total. The van der Waals surface area contributed by atoms with Crippen LogP contribution < -0.4 is 4.74 Å². The number of ketones is 1. The number of ether oxygens (including phenoxy) is 2. The van der Waals surface area contributed by atoms with Crippen LogP contribution in [0.15, 0.2) is 35.2 Å². The Balaban J connectivity index is 2.12. The Kier molecular flexibility index (Phi) is 7.18. The summed E-state index contributed by atoms with van der Waals surface area (Å²) in [6.45, 7) is 4.98. The molecule has 0 spiro atoms. The van der Waals surface area contributed by atoms with Gasteiger partial charge in [0.25, 0.3) is 11.7 Å². The van der Waals surface area contributed by atoms with Crippen molar-refractivity contribution in [1.29, 1.82) is 0 Å². The lowest BCUT2D eigenvalue weighted by atomic mass is 9.98. The number of benzene rings is 1. The van der Waals surface area contributed by atoms with Crippen molar-refractivity contribution in [1.82, 2.24) is 4.90 Å². The monoisotopic (exact) mass is 449 g/mol. The molecular weight excluding hydrogens is 426 g/mol. The Morgan fingerprint density at radius 2 is 2.07 bits per heavy atom. The van der Waals surface area contributed by atoms with Crippen LogP contribution >= 0.6 is 22.9 Å². The van der Waals surface area contributed by atoms with Crippen LogP contribution in [0.1, 0.15) is 35.4 Å². The topological polar surface area (TPSA) is 76.1 Å². The number of carbonyl (C=O) groups excluding carboxylic acids is 2. The van der Waals surface area contributed by atoms with Crippen LogP contribution in [0, 0.1) is 6.92 Å². The van der Waals surface area contributed by atoms with E-state index in [-0.39, 0.29) is 11.3 Å². The summed E-state index contributed by atoms with van der Waals surface area (Å²) >= 11 is 7.61. The number of aryl methyl sites for hydroxylation is 1. The lowest BCUT2D eigenvalue weighted by molar-refractivity contribution is -0.140. The Bertz CT molecular complexity index is 984. The van der Waals surface area contributed by atoms with E-state index in [1.54, 1.807) is 25.3 Å². The third kappa shape index (κ3) is 4.24. The van der Waals surface area contributed by atoms with E-state index in [4.69, 9.17) is 21.1 Å². The van der Waals surface area contributed by atoms with E-state index in [9.17, 15) is 14.7 Å². The number of halogens is 1. The highest BCUT2D eigenvalue weighted by Gasteiger charge is 2.46. The number of likely N-dealkylation sites (tertiary alicyclic amines) is 1. The summed E-state index contributed by atoms with van der Waals surface area (Å²) in [5, 5.41) is 13.4. The number of nitrogens with zero attached hydrogens (tertiary/aromatic N) is 1. The van der Waals surface area contributed by atoms with Gasteiger partial charge in [0.05, 0.1) is 23.2 Å². The Morgan fingerprint density at radius 1 is 1.30 bits per heavy atom. The summed E-state index contributed by atoms with van der Waals surface area (Å²) in [5.74, 6) is -1.15. The van der Waals surface area contributed by atoms with E-state index in [0.717, 1.165) is 10.4 Å². The summed E-state index contributed by atoms with van der Waals surface area (Å²) in [4.78, 5) is 28.2. The number of Topliss-reactive ketones (excluding diaryl/α,β-unsaturated/α-hetero) is 1. The highest BCUT2D eigenvalue weighted by Crippen LogP contribution is 2.43. The number of rotatable bonds is 8. The summed E-state index contributed by atoms with van der Waals surface area (Å²) in [6.07, 6.45) is 0.583. The van der Waals surface area contributed by atoms with Crippen molar-refractivity contribution >= 4 is 40.4 Å². The molecule has 1 unspecified atom stereocenters. The number of amides is 1. The SMILES string of the molecule is CCOc1cc(/C(O)=C2/C(=O)C(=O)N(CCCOC)C2c2sccc2C)ccc1Cl. The van der Waals surface area contributed by atoms with Gasteiger partial charge in [-0.1, -0.05) is 11.6 Å². The van der Waals surface area contributed by atoms with Crippen LogP contribution in [0.4, 0.5) is 0 Å². The highest BCUT2D eigenvalue weighted by molar-refractivity contribution is 7.10. The minimum Gasteiger partial charge on any atom is -0.507 e. The standard InChI is InChI=1S/C22H24ClNO5S/c1-4-29-16-12-14(6-7-15(16)23)19(25)17-18(21-13(2)8-11-30-21)24(9-5-10-28-3)22(27)20(17)26/h6-8,11-12,18,25H,4-5,9-10H2,1-3H3/b19-17-. The van der Waals surface area contributed by atoms with Gasteiger partial charge in [-0.3, -0.25) is 9.59 Å². The second kappa shape index (κ2) is 9.64. The van der Waals surface area contributed by atoms with E-state index in [2.05, 4.69) is 0 Å². The molecule has 0 bridgehead atoms. The van der Waals surface area contributed by atoms with Crippen LogP contribution in [0.3, 0.4) is 0 Å². The van der Waals surface area contributed by atoms with Crippen LogP contribution in [-0.4, -0.2) is 48.6 Å². The van der Waals surface area contributed by atoms with Crippen molar-refractivity contribution in [2.45, 2.75) is 26.3 Å². The number of thiophene rings is 1. The van der Waals surface area contributed by atoms with Crippen LogP contribution in [0.5, 0.6) is 5.75 Å². The first-order valence-electron chi connectivity index (χ1n) is 9.64. The third-order valence-electron chi connectivity index (χ3n) is 4.94. The summed E-state index contributed by atoms with van der Waals surface area (Å²) in [5.41, 5.74) is 1.41. The second-order valence-corrected chi connectivity index (χ2v) is 8.24. The number of methoxy groups -OCH3 is 1. The van der Waals surface area contributed by atoms with Crippen molar-refractivity contribution in [2.75, 3.05) is 26.9 Å². The molecule has 30 heavy (non-hydrogen) atoms. The van der Waals surface area contributed by atoms with E-state index >= 15 is 0 Å². The van der Waals surface area contributed by atoms with Gasteiger partial charge in [0, 0.05) is 30.7 Å². The Hall–Kier alpha value is -2.35. The molecular formula is C22H24ClNO5S. The number of carbonyl (C=O) groups is 2. The largest absolute Gasteiger partial charge is 0.507 e. The van der Waals surface area contributed by atoms with Crippen molar-refractivity contribution in [3.8, 4) is 5.75 Å². The normalized spacial score (nSPS) is 18.3. The van der Waals surface area contributed by atoms with Crippen LogP contribution in [-0.2, 0) is 14.3 Å². The quantitative estimate of drug-likeness (QED) is 0.276.